The first-order valence-corrected chi connectivity index (χ1v) is 15.3. The van der Waals surface area contributed by atoms with Crippen LogP contribution in [0, 0.1) is 0 Å². The Kier molecular flexibility index (Phi) is 5.63. The van der Waals surface area contributed by atoms with Crippen LogP contribution in [-0.2, 0) is 0 Å². The minimum Gasteiger partial charge on any atom is -0.312 e. The summed E-state index contributed by atoms with van der Waals surface area (Å²) in [6, 6.07) is 44.1. The second-order valence-corrected chi connectivity index (χ2v) is 11.6. The van der Waals surface area contributed by atoms with E-state index in [0.29, 0.717) is 0 Å². The van der Waals surface area contributed by atoms with Crippen molar-refractivity contribution in [3.05, 3.63) is 152 Å². The number of aromatic nitrogens is 3. The van der Waals surface area contributed by atoms with Crippen LogP contribution in [0.3, 0.4) is 0 Å². The van der Waals surface area contributed by atoms with Gasteiger partial charge in [-0.15, -0.1) is 0 Å². The Labute approximate surface area is 255 Å². The molecule has 1 aliphatic carbocycles. The number of nitrogens with zero attached hydrogens (tertiary/aromatic N) is 3. The van der Waals surface area contributed by atoms with Crippen molar-refractivity contribution in [1.82, 2.24) is 14.1 Å². The molecule has 5 aromatic carbocycles. The Morgan fingerprint density at radius 1 is 0.545 bits per heavy atom. The predicted molar refractivity (Wildman–Crippen MR) is 185 cm³/mol. The second kappa shape index (κ2) is 9.96. The van der Waals surface area contributed by atoms with Crippen LogP contribution >= 0.6 is 0 Å². The molecule has 0 saturated carbocycles. The Morgan fingerprint density at radius 2 is 1.30 bits per heavy atom. The zero-order valence-corrected chi connectivity index (χ0v) is 24.2. The van der Waals surface area contributed by atoms with Crippen LogP contribution in [0.4, 0.5) is 0 Å². The highest BCUT2D eigenvalue weighted by atomic mass is 15.0. The van der Waals surface area contributed by atoms with E-state index in [1.807, 2.05) is 12.4 Å². The smallest absolute Gasteiger partial charge is 0.0616 e. The SMILES string of the molecule is C1=CCCC(n2c3ccncc3c3cccc(-c4ccc5c(c4)c4ccccc4n5-c4ccc(-c5ccccc5)cc4)c32)=C1. The van der Waals surface area contributed by atoms with E-state index >= 15 is 0 Å². The fourth-order valence-electron chi connectivity index (χ4n) is 7.07. The maximum Gasteiger partial charge on any atom is 0.0616 e. The van der Waals surface area contributed by atoms with E-state index in [9.17, 15) is 0 Å². The van der Waals surface area contributed by atoms with Crippen molar-refractivity contribution in [1.29, 1.82) is 0 Å². The van der Waals surface area contributed by atoms with Crippen LogP contribution in [0.25, 0.3) is 77.2 Å². The van der Waals surface area contributed by atoms with Crippen molar-refractivity contribution < 1.29 is 0 Å². The summed E-state index contributed by atoms with van der Waals surface area (Å²) < 4.78 is 4.86. The minimum absolute atomic E-state index is 1.02. The molecular weight excluding hydrogens is 534 g/mol. The highest BCUT2D eigenvalue weighted by molar-refractivity contribution is 6.16. The van der Waals surface area contributed by atoms with E-state index in [0.717, 1.165) is 18.5 Å². The van der Waals surface area contributed by atoms with Crippen LogP contribution in [-0.4, -0.2) is 14.1 Å². The van der Waals surface area contributed by atoms with Gasteiger partial charge in [0.15, 0.2) is 0 Å². The predicted octanol–water partition coefficient (Wildman–Crippen LogP) is 10.8. The fourth-order valence-corrected chi connectivity index (χ4v) is 7.07. The van der Waals surface area contributed by atoms with Gasteiger partial charge in [-0.05, 0) is 72.0 Å². The monoisotopic (exact) mass is 563 g/mol. The van der Waals surface area contributed by atoms with E-state index in [4.69, 9.17) is 0 Å². The van der Waals surface area contributed by atoms with Crippen molar-refractivity contribution >= 4 is 49.3 Å². The van der Waals surface area contributed by atoms with E-state index < -0.39 is 0 Å². The first-order chi connectivity index (χ1) is 21.8. The number of benzene rings is 5. The van der Waals surface area contributed by atoms with Gasteiger partial charge in [-0.2, -0.15) is 0 Å². The van der Waals surface area contributed by atoms with Crippen LogP contribution in [0.15, 0.2) is 152 Å². The summed E-state index contributed by atoms with van der Waals surface area (Å²) in [5, 5.41) is 4.94. The molecule has 3 heteroatoms. The molecule has 0 unspecified atom stereocenters. The van der Waals surface area contributed by atoms with Gasteiger partial charge in [0.2, 0.25) is 0 Å². The molecule has 0 N–H and O–H groups in total. The molecule has 0 fully saturated rings. The van der Waals surface area contributed by atoms with E-state index in [-0.39, 0.29) is 0 Å². The highest BCUT2D eigenvalue weighted by Gasteiger charge is 2.19. The molecule has 3 nitrogen and oxygen atoms in total. The molecule has 0 radical (unpaired) electrons. The van der Waals surface area contributed by atoms with Gasteiger partial charge >= 0.3 is 0 Å². The van der Waals surface area contributed by atoms with Crippen molar-refractivity contribution in [3.63, 3.8) is 0 Å². The number of hydrogen-bond donors (Lipinski definition) is 0. The summed E-state index contributed by atoms with van der Waals surface area (Å²) in [5.41, 5.74) is 12.3. The number of rotatable bonds is 4. The van der Waals surface area contributed by atoms with Gasteiger partial charge in [0.05, 0.1) is 22.1 Å². The standard InChI is InChI=1S/C41H29N3/c1-3-10-28(11-4-1)29-18-21-32(22-19-29)43-38-17-8-7-14-34(38)36-26-30(20-23-39(36)43)33-15-9-16-35-37-27-42-25-24-40(37)44(41(33)35)31-12-5-2-6-13-31/h1-5,7-12,14-27H,6,13H2. The van der Waals surface area contributed by atoms with Gasteiger partial charge in [-0.3, -0.25) is 4.98 Å². The number of allylic oxidation sites excluding steroid dienone is 4. The largest absolute Gasteiger partial charge is 0.312 e. The second-order valence-electron chi connectivity index (χ2n) is 11.6. The molecule has 0 spiro atoms. The van der Waals surface area contributed by atoms with Gasteiger partial charge in [-0.1, -0.05) is 97.1 Å². The van der Waals surface area contributed by atoms with Gasteiger partial charge in [-0.25, -0.2) is 0 Å². The average Bonchev–Trinajstić information content (AvgIpc) is 3.62. The quantitative estimate of drug-likeness (QED) is 0.209. The lowest BCUT2D eigenvalue weighted by Gasteiger charge is -2.16. The summed E-state index contributed by atoms with van der Waals surface area (Å²) in [4.78, 5) is 4.50. The van der Waals surface area contributed by atoms with Gasteiger partial charge in [0.25, 0.3) is 0 Å². The maximum absolute atomic E-state index is 4.50. The lowest BCUT2D eigenvalue weighted by molar-refractivity contribution is 0.979. The summed E-state index contributed by atoms with van der Waals surface area (Å²) in [5.74, 6) is 0. The molecule has 208 valence electrons. The molecule has 0 bridgehead atoms. The molecule has 0 aliphatic heterocycles. The lowest BCUT2D eigenvalue weighted by atomic mass is 9.99. The van der Waals surface area contributed by atoms with Crippen molar-refractivity contribution in [2.75, 3.05) is 0 Å². The number of hydrogen-bond acceptors (Lipinski definition) is 1. The minimum atomic E-state index is 1.02. The summed E-state index contributed by atoms with van der Waals surface area (Å²) in [7, 11) is 0. The van der Waals surface area contributed by atoms with Gasteiger partial charge in [0.1, 0.15) is 0 Å². The molecule has 0 amide bonds. The third kappa shape index (κ3) is 3.79. The highest BCUT2D eigenvalue weighted by Crippen LogP contribution is 2.41. The van der Waals surface area contributed by atoms with Crippen LogP contribution in [0.2, 0.25) is 0 Å². The van der Waals surface area contributed by atoms with E-state index in [1.54, 1.807) is 0 Å². The first kappa shape index (κ1) is 24.9. The summed E-state index contributed by atoms with van der Waals surface area (Å²) in [6.45, 7) is 0. The van der Waals surface area contributed by atoms with Crippen LogP contribution in [0.1, 0.15) is 12.8 Å². The number of pyridine rings is 1. The summed E-state index contributed by atoms with van der Waals surface area (Å²) in [6.07, 6.45) is 12.7. The first-order valence-electron chi connectivity index (χ1n) is 15.3. The number of para-hydroxylation sites is 2. The van der Waals surface area contributed by atoms with E-state index in [1.165, 1.54) is 71.6 Å². The Bertz CT molecular complexity index is 2420. The van der Waals surface area contributed by atoms with Crippen LogP contribution < -0.4 is 0 Å². The van der Waals surface area contributed by atoms with Crippen LogP contribution in [0.5, 0.6) is 0 Å². The number of fused-ring (bicyclic) bond motifs is 6. The molecule has 3 heterocycles. The van der Waals surface area contributed by atoms with Crippen molar-refractivity contribution in [2.45, 2.75) is 12.8 Å². The zero-order chi connectivity index (χ0) is 29.0. The van der Waals surface area contributed by atoms with E-state index in [2.05, 4.69) is 154 Å². The molecular formula is C41H29N3. The maximum atomic E-state index is 4.50. The third-order valence-electron chi connectivity index (χ3n) is 9.08. The lowest BCUT2D eigenvalue weighted by Crippen LogP contribution is -2.00. The van der Waals surface area contributed by atoms with Gasteiger partial charge < -0.3 is 9.13 Å². The molecule has 0 saturated heterocycles. The van der Waals surface area contributed by atoms with Crippen molar-refractivity contribution in [3.8, 4) is 27.9 Å². The Morgan fingerprint density at radius 3 is 2.16 bits per heavy atom. The fraction of sp³-hybridized carbons (Fsp3) is 0.0488. The normalized spacial score (nSPS) is 13.3. The average molecular weight is 564 g/mol. The molecule has 8 aromatic rings. The summed E-state index contributed by atoms with van der Waals surface area (Å²) >= 11 is 0. The molecule has 0 atom stereocenters. The molecule has 44 heavy (non-hydrogen) atoms. The molecule has 1 aliphatic rings. The Hall–Kier alpha value is -5.67. The molecule has 9 rings (SSSR count). The van der Waals surface area contributed by atoms with Gasteiger partial charge in [0, 0.05) is 50.9 Å². The van der Waals surface area contributed by atoms with Crippen molar-refractivity contribution in [2.24, 2.45) is 0 Å². The zero-order valence-electron chi connectivity index (χ0n) is 24.2. The third-order valence-corrected chi connectivity index (χ3v) is 9.08. The topological polar surface area (TPSA) is 22.8 Å². The molecule has 3 aromatic heterocycles. The Balaban J connectivity index is 1.26.